The van der Waals surface area contributed by atoms with E-state index in [1.54, 1.807) is 0 Å². The second-order valence-electron chi connectivity index (χ2n) is 5.29. The van der Waals surface area contributed by atoms with Crippen LogP contribution >= 0.6 is 0 Å². The molecule has 2 N–H and O–H groups in total. The summed E-state index contributed by atoms with van der Waals surface area (Å²) in [6.07, 6.45) is 0. The number of nitrogens with zero attached hydrogens (tertiary/aromatic N) is 1. The van der Waals surface area contributed by atoms with Crippen molar-refractivity contribution >= 4 is 5.69 Å². The van der Waals surface area contributed by atoms with Crippen molar-refractivity contribution in [3.05, 3.63) is 54.6 Å². The van der Waals surface area contributed by atoms with Crippen LogP contribution in [0.2, 0.25) is 0 Å². The highest BCUT2D eigenvalue weighted by molar-refractivity contribution is 5.66. The van der Waals surface area contributed by atoms with E-state index in [0.717, 1.165) is 11.3 Å². The Morgan fingerprint density at radius 3 is 1.85 bits per heavy atom. The Morgan fingerprint density at radius 2 is 1.35 bits per heavy atom. The molecule has 0 aliphatic carbocycles. The second kappa shape index (κ2) is 6.07. The topological polar surface area (TPSA) is 43.7 Å². The summed E-state index contributed by atoms with van der Waals surface area (Å²) in [6, 6.07) is 18.3. The largest absolute Gasteiger partial charge is 0.394 e. The molecule has 0 radical (unpaired) electrons. The summed E-state index contributed by atoms with van der Waals surface area (Å²) in [4.78, 5) is 1.90. The minimum Gasteiger partial charge on any atom is -0.394 e. The molecule has 3 heteroatoms. The normalized spacial score (nSPS) is 11.4. The number of benzene rings is 2. The summed E-state index contributed by atoms with van der Waals surface area (Å²) < 4.78 is 0. The van der Waals surface area contributed by atoms with Gasteiger partial charge in [0.1, 0.15) is 0 Å². The van der Waals surface area contributed by atoms with Gasteiger partial charge in [-0.2, -0.15) is 0 Å². The van der Waals surface area contributed by atoms with Crippen LogP contribution in [0, 0.1) is 0 Å². The third-order valence-corrected chi connectivity index (χ3v) is 3.85. The Labute approximate surface area is 120 Å². The Balaban J connectivity index is 2.25. The van der Waals surface area contributed by atoms with E-state index >= 15 is 0 Å². The van der Waals surface area contributed by atoms with E-state index < -0.39 is 5.54 Å². The fourth-order valence-corrected chi connectivity index (χ4v) is 2.08. The van der Waals surface area contributed by atoms with Crippen molar-refractivity contribution in [2.24, 2.45) is 0 Å². The summed E-state index contributed by atoms with van der Waals surface area (Å²) in [6.45, 7) is 1.64. The van der Waals surface area contributed by atoms with E-state index in [9.17, 15) is 10.2 Å². The first-order valence-corrected chi connectivity index (χ1v) is 6.72. The van der Waals surface area contributed by atoms with Gasteiger partial charge in [0.15, 0.2) is 0 Å². The molecule has 20 heavy (non-hydrogen) atoms. The average molecular weight is 271 g/mol. The van der Waals surface area contributed by atoms with Gasteiger partial charge in [0, 0.05) is 12.7 Å². The quantitative estimate of drug-likeness (QED) is 0.878. The summed E-state index contributed by atoms with van der Waals surface area (Å²) >= 11 is 0. The average Bonchev–Trinajstić information content (AvgIpc) is 2.54. The lowest BCUT2D eigenvalue weighted by Gasteiger charge is -2.37. The second-order valence-corrected chi connectivity index (χ2v) is 5.29. The first-order chi connectivity index (χ1) is 9.60. The van der Waals surface area contributed by atoms with Crippen LogP contribution in [0.3, 0.4) is 0 Å². The highest BCUT2D eigenvalue weighted by atomic mass is 16.3. The van der Waals surface area contributed by atoms with Crippen molar-refractivity contribution in [3.8, 4) is 11.1 Å². The molecule has 0 heterocycles. The molecule has 0 aromatic heterocycles. The van der Waals surface area contributed by atoms with Gasteiger partial charge in [-0.3, -0.25) is 0 Å². The van der Waals surface area contributed by atoms with Gasteiger partial charge in [0.05, 0.1) is 18.8 Å². The number of aliphatic hydroxyl groups excluding tert-OH is 2. The number of anilines is 1. The Kier molecular flexibility index (Phi) is 4.42. The van der Waals surface area contributed by atoms with Gasteiger partial charge in [-0.05, 0) is 30.2 Å². The first kappa shape index (κ1) is 14.6. The molecule has 0 saturated heterocycles. The maximum absolute atomic E-state index is 9.45. The lowest BCUT2D eigenvalue weighted by molar-refractivity contribution is 0.130. The van der Waals surface area contributed by atoms with Crippen LogP contribution in [0.1, 0.15) is 6.92 Å². The van der Waals surface area contributed by atoms with Crippen LogP contribution in [0.4, 0.5) is 5.69 Å². The molecule has 0 aliphatic heterocycles. The molecule has 0 spiro atoms. The van der Waals surface area contributed by atoms with E-state index in [2.05, 4.69) is 24.3 Å². The van der Waals surface area contributed by atoms with Crippen LogP contribution in [-0.2, 0) is 0 Å². The fraction of sp³-hybridized carbons (Fsp3) is 0.294. The zero-order valence-electron chi connectivity index (χ0n) is 12.0. The molecular weight excluding hydrogens is 250 g/mol. The molecule has 0 amide bonds. The molecule has 0 bridgehead atoms. The minimum absolute atomic E-state index is 0.0968. The summed E-state index contributed by atoms with van der Waals surface area (Å²) in [5.41, 5.74) is 2.63. The lowest BCUT2D eigenvalue weighted by Crippen LogP contribution is -2.50. The molecule has 2 rings (SSSR count). The summed E-state index contributed by atoms with van der Waals surface area (Å²) in [5, 5.41) is 18.9. The maximum Gasteiger partial charge on any atom is 0.0830 e. The fourth-order valence-electron chi connectivity index (χ4n) is 2.08. The van der Waals surface area contributed by atoms with Crippen LogP contribution in [0.15, 0.2) is 54.6 Å². The predicted molar refractivity (Wildman–Crippen MR) is 82.9 cm³/mol. The van der Waals surface area contributed by atoms with E-state index in [4.69, 9.17) is 0 Å². The van der Waals surface area contributed by atoms with Crippen LogP contribution in [-0.4, -0.2) is 36.0 Å². The van der Waals surface area contributed by atoms with Gasteiger partial charge in [-0.15, -0.1) is 0 Å². The van der Waals surface area contributed by atoms with E-state index in [-0.39, 0.29) is 13.2 Å². The Hall–Kier alpha value is -1.84. The van der Waals surface area contributed by atoms with Crippen LogP contribution < -0.4 is 4.90 Å². The van der Waals surface area contributed by atoms with Gasteiger partial charge in [-0.1, -0.05) is 42.5 Å². The number of aliphatic hydroxyl groups is 2. The van der Waals surface area contributed by atoms with Crippen LogP contribution in [0.25, 0.3) is 11.1 Å². The van der Waals surface area contributed by atoms with E-state index in [1.807, 2.05) is 49.2 Å². The molecule has 0 fully saturated rings. The summed E-state index contributed by atoms with van der Waals surface area (Å²) in [5.74, 6) is 0. The Bertz CT molecular complexity index is 533. The molecule has 0 atom stereocenters. The SMILES string of the molecule is CN(c1ccc(-c2ccccc2)cc1)C(C)(CO)CO. The number of hydrogen-bond donors (Lipinski definition) is 2. The number of likely N-dealkylation sites (N-methyl/N-ethyl adjacent to an activating group) is 1. The molecule has 0 saturated carbocycles. The zero-order chi connectivity index (χ0) is 14.6. The maximum atomic E-state index is 9.45. The van der Waals surface area contributed by atoms with Crippen molar-refractivity contribution in [2.75, 3.05) is 25.2 Å². The van der Waals surface area contributed by atoms with E-state index in [1.165, 1.54) is 5.56 Å². The number of hydrogen-bond acceptors (Lipinski definition) is 3. The van der Waals surface area contributed by atoms with Gasteiger partial charge in [-0.25, -0.2) is 0 Å². The molecule has 106 valence electrons. The van der Waals surface area contributed by atoms with Gasteiger partial charge >= 0.3 is 0 Å². The lowest BCUT2D eigenvalue weighted by atomic mass is 10.0. The molecular formula is C17H21NO2. The first-order valence-electron chi connectivity index (χ1n) is 6.72. The molecule has 0 unspecified atom stereocenters. The molecule has 0 aliphatic rings. The van der Waals surface area contributed by atoms with Crippen LogP contribution in [0.5, 0.6) is 0 Å². The zero-order valence-corrected chi connectivity index (χ0v) is 12.0. The van der Waals surface area contributed by atoms with Gasteiger partial charge < -0.3 is 15.1 Å². The van der Waals surface area contributed by atoms with Crippen molar-refractivity contribution in [1.29, 1.82) is 0 Å². The third-order valence-electron chi connectivity index (χ3n) is 3.85. The monoisotopic (exact) mass is 271 g/mol. The smallest absolute Gasteiger partial charge is 0.0830 e. The minimum atomic E-state index is -0.658. The number of rotatable bonds is 5. The molecule has 3 nitrogen and oxygen atoms in total. The third kappa shape index (κ3) is 2.84. The van der Waals surface area contributed by atoms with Gasteiger partial charge in [0.25, 0.3) is 0 Å². The van der Waals surface area contributed by atoms with Crippen molar-refractivity contribution < 1.29 is 10.2 Å². The highest BCUT2D eigenvalue weighted by Crippen LogP contribution is 2.26. The predicted octanol–water partition coefficient (Wildman–Crippen LogP) is 2.53. The standard InChI is InChI=1S/C17H21NO2/c1-17(12-19,13-20)18(2)16-10-8-15(9-11-16)14-6-4-3-5-7-14/h3-11,19-20H,12-13H2,1-2H3. The van der Waals surface area contributed by atoms with E-state index in [0.29, 0.717) is 0 Å². The molecule has 2 aromatic carbocycles. The summed E-state index contributed by atoms with van der Waals surface area (Å²) in [7, 11) is 1.88. The highest BCUT2D eigenvalue weighted by Gasteiger charge is 2.27. The van der Waals surface area contributed by atoms with Crippen molar-refractivity contribution in [2.45, 2.75) is 12.5 Å². The Morgan fingerprint density at radius 1 is 0.850 bits per heavy atom. The van der Waals surface area contributed by atoms with Crippen molar-refractivity contribution in [3.63, 3.8) is 0 Å². The molecule has 2 aromatic rings. The van der Waals surface area contributed by atoms with Crippen molar-refractivity contribution in [1.82, 2.24) is 0 Å². The van der Waals surface area contributed by atoms with Gasteiger partial charge in [0.2, 0.25) is 0 Å².